The van der Waals surface area contributed by atoms with E-state index in [0.717, 1.165) is 11.0 Å². The Morgan fingerprint density at radius 1 is 1.36 bits per heavy atom. The largest absolute Gasteiger partial charge is 0.405 e. The van der Waals surface area contributed by atoms with Crippen molar-refractivity contribution in [2.45, 2.75) is 0 Å². The van der Waals surface area contributed by atoms with E-state index in [1.54, 1.807) is 6.07 Å². The Morgan fingerprint density at radius 3 is 2.93 bits per heavy atom. The maximum Gasteiger partial charge on any atom is 0.274 e. The second-order valence-electron chi connectivity index (χ2n) is 2.83. The van der Waals surface area contributed by atoms with Crippen LogP contribution in [-0.4, -0.2) is 9.97 Å². The van der Waals surface area contributed by atoms with Crippen LogP contribution >= 0.6 is 0 Å². The summed E-state index contributed by atoms with van der Waals surface area (Å²) in [6, 6.07) is 7.35. The molecule has 1 aromatic heterocycles. The zero-order valence-electron chi connectivity index (χ0n) is 7.40. The first-order chi connectivity index (χ1) is 6.81. The summed E-state index contributed by atoms with van der Waals surface area (Å²) in [7, 11) is 0. The minimum atomic E-state index is -0.231. The number of rotatable bonds is 1. The predicted molar refractivity (Wildman–Crippen MR) is 55.6 cm³/mol. The lowest BCUT2D eigenvalue weighted by atomic mass is 10.3. The first kappa shape index (κ1) is 8.50. The normalized spacial score (nSPS) is 11.1. The van der Waals surface area contributed by atoms with E-state index in [-0.39, 0.29) is 5.56 Å². The van der Waals surface area contributed by atoms with Crippen molar-refractivity contribution in [2.75, 3.05) is 0 Å². The molecule has 4 heteroatoms. The first-order valence-electron chi connectivity index (χ1n) is 4.18. The van der Waals surface area contributed by atoms with E-state index in [4.69, 9.17) is 5.73 Å². The van der Waals surface area contributed by atoms with Crippen LogP contribution < -0.4 is 11.3 Å². The van der Waals surface area contributed by atoms with Gasteiger partial charge in [-0.3, -0.25) is 4.79 Å². The Hall–Kier alpha value is -2.10. The van der Waals surface area contributed by atoms with Gasteiger partial charge in [0.05, 0.1) is 11.0 Å². The Bertz CT molecular complexity index is 542. The van der Waals surface area contributed by atoms with Crippen LogP contribution in [0.5, 0.6) is 0 Å². The average molecular weight is 187 g/mol. The Morgan fingerprint density at radius 2 is 2.14 bits per heavy atom. The third-order valence-corrected chi connectivity index (χ3v) is 1.88. The van der Waals surface area contributed by atoms with Crippen molar-refractivity contribution >= 4 is 17.1 Å². The van der Waals surface area contributed by atoms with Crippen molar-refractivity contribution in [3.63, 3.8) is 0 Å². The Labute approximate surface area is 80.1 Å². The fourth-order valence-electron chi connectivity index (χ4n) is 1.25. The van der Waals surface area contributed by atoms with Crippen LogP contribution in [0, 0.1) is 0 Å². The number of fused-ring (bicyclic) bond motifs is 1. The molecule has 0 atom stereocenters. The minimum absolute atomic E-state index is 0.231. The molecule has 0 bridgehead atoms. The molecule has 0 fully saturated rings. The molecule has 0 radical (unpaired) electrons. The molecule has 0 spiro atoms. The zero-order valence-corrected chi connectivity index (χ0v) is 7.40. The van der Waals surface area contributed by atoms with Crippen LogP contribution in [0.15, 0.2) is 35.3 Å². The van der Waals surface area contributed by atoms with E-state index in [1.807, 2.05) is 18.2 Å². The fourth-order valence-corrected chi connectivity index (χ4v) is 1.25. The molecule has 0 amide bonds. The average Bonchev–Trinajstić information content (AvgIpc) is 2.19. The van der Waals surface area contributed by atoms with E-state index in [2.05, 4.69) is 9.97 Å². The van der Waals surface area contributed by atoms with Gasteiger partial charge in [-0.25, -0.2) is 4.98 Å². The number of nitrogens with zero attached hydrogens (tertiary/aromatic N) is 1. The topological polar surface area (TPSA) is 71.8 Å². The highest BCUT2D eigenvalue weighted by Gasteiger charge is 1.99. The molecule has 0 aliphatic carbocycles. The van der Waals surface area contributed by atoms with E-state index in [0.29, 0.717) is 5.69 Å². The van der Waals surface area contributed by atoms with Crippen molar-refractivity contribution in [3.05, 3.63) is 46.5 Å². The fraction of sp³-hybridized carbons (Fsp3) is 0. The van der Waals surface area contributed by atoms with E-state index in [1.165, 1.54) is 12.3 Å². The lowest BCUT2D eigenvalue weighted by Gasteiger charge is -1.97. The molecule has 2 rings (SSSR count). The summed E-state index contributed by atoms with van der Waals surface area (Å²) in [5, 5.41) is 0. The number of hydrogen-bond donors (Lipinski definition) is 2. The van der Waals surface area contributed by atoms with Gasteiger partial charge in [-0.1, -0.05) is 12.1 Å². The molecule has 2 aromatic rings. The van der Waals surface area contributed by atoms with Gasteiger partial charge in [0.2, 0.25) is 0 Å². The van der Waals surface area contributed by atoms with E-state index < -0.39 is 0 Å². The van der Waals surface area contributed by atoms with Gasteiger partial charge in [0.25, 0.3) is 5.56 Å². The lowest BCUT2D eigenvalue weighted by Crippen LogP contribution is -2.11. The van der Waals surface area contributed by atoms with Crippen LogP contribution in [-0.2, 0) is 0 Å². The first-order valence-corrected chi connectivity index (χ1v) is 4.18. The molecule has 1 aromatic carbocycles. The summed E-state index contributed by atoms with van der Waals surface area (Å²) in [6.45, 7) is 0. The Balaban J connectivity index is 2.77. The van der Waals surface area contributed by atoms with Gasteiger partial charge >= 0.3 is 0 Å². The number of benzene rings is 1. The maximum atomic E-state index is 11.4. The van der Waals surface area contributed by atoms with E-state index >= 15 is 0 Å². The van der Waals surface area contributed by atoms with E-state index in [9.17, 15) is 4.79 Å². The highest BCUT2D eigenvalue weighted by atomic mass is 16.1. The van der Waals surface area contributed by atoms with Gasteiger partial charge in [-0.05, 0) is 24.4 Å². The molecule has 0 aliphatic rings. The van der Waals surface area contributed by atoms with Crippen LogP contribution in [0.1, 0.15) is 5.69 Å². The summed E-state index contributed by atoms with van der Waals surface area (Å²) in [4.78, 5) is 18.3. The molecule has 4 nitrogen and oxygen atoms in total. The zero-order chi connectivity index (χ0) is 9.97. The summed E-state index contributed by atoms with van der Waals surface area (Å²) >= 11 is 0. The maximum absolute atomic E-state index is 11.4. The van der Waals surface area contributed by atoms with Gasteiger partial charge in [-0.2, -0.15) is 0 Å². The number of H-pyrrole nitrogens is 1. The second kappa shape index (κ2) is 3.33. The highest BCUT2D eigenvalue weighted by molar-refractivity contribution is 5.74. The van der Waals surface area contributed by atoms with Gasteiger partial charge in [0.15, 0.2) is 0 Å². The summed E-state index contributed by atoms with van der Waals surface area (Å²) in [5.74, 6) is 0. The molecule has 70 valence electrons. The van der Waals surface area contributed by atoms with Crippen molar-refractivity contribution in [1.82, 2.24) is 9.97 Å². The van der Waals surface area contributed by atoms with Crippen LogP contribution in [0.25, 0.3) is 17.1 Å². The summed E-state index contributed by atoms with van der Waals surface area (Å²) in [6.07, 6.45) is 2.78. The smallest absolute Gasteiger partial charge is 0.274 e. The number of nitrogens with one attached hydrogen (secondary N) is 1. The molecule has 3 N–H and O–H groups in total. The third-order valence-electron chi connectivity index (χ3n) is 1.88. The van der Waals surface area contributed by atoms with Crippen molar-refractivity contribution in [1.29, 1.82) is 0 Å². The molecular weight excluding hydrogens is 178 g/mol. The standard InChI is InChI=1S/C10H9N3O/c11-6-5-9-10(14)13-8-4-2-1-3-7(8)12-9/h1-6H,11H2,(H,13,14)/b6-5-. The third kappa shape index (κ3) is 1.37. The number of hydrogen-bond acceptors (Lipinski definition) is 3. The number of nitrogens with two attached hydrogens (primary N) is 1. The predicted octanol–water partition coefficient (Wildman–Crippen LogP) is 0.853. The molecule has 0 aliphatic heterocycles. The highest BCUT2D eigenvalue weighted by Crippen LogP contribution is 2.05. The Kier molecular flexibility index (Phi) is 2.02. The molecule has 0 saturated carbocycles. The SMILES string of the molecule is N/C=C\c1nc2ccccc2[nH]c1=O. The van der Waals surface area contributed by atoms with Crippen LogP contribution in [0.4, 0.5) is 0 Å². The van der Waals surface area contributed by atoms with Crippen LogP contribution in [0.3, 0.4) is 0 Å². The van der Waals surface area contributed by atoms with Gasteiger partial charge in [-0.15, -0.1) is 0 Å². The van der Waals surface area contributed by atoms with Crippen LogP contribution in [0.2, 0.25) is 0 Å². The molecule has 14 heavy (non-hydrogen) atoms. The molecular formula is C10H9N3O. The quantitative estimate of drug-likeness (QED) is 0.695. The minimum Gasteiger partial charge on any atom is -0.405 e. The molecule has 0 saturated heterocycles. The van der Waals surface area contributed by atoms with Crippen molar-refractivity contribution in [3.8, 4) is 0 Å². The summed E-state index contributed by atoms with van der Waals surface area (Å²) in [5.41, 5.74) is 6.77. The number of aromatic nitrogens is 2. The number of aromatic amines is 1. The van der Waals surface area contributed by atoms with Gasteiger partial charge < -0.3 is 10.7 Å². The lowest BCUT2D eigenvalue weighted by molar-refractivity contribution is 1.19. The molecule has 1 heterocycles. The molecule has 0 unspecified atom stereocenters. The van der Waals surface area contributed by atoms with Gasteiger partial charge in [0, 0.05) is 0 Å². The van der Waals surface area contributed by atoms with Crippen molar-refractivity contribution < 1.29 is 0 Å². The number of para-hydroxylation sites is 2. The second-order valence-corrected chi connectivity index (χ2v) is 2.83. The summed E-state index contributed by atoms with van der Waals surface area (Å²) < 4.78 is 0. The monoisotopic (exact) mass is 187 g/mol. The van der Waals surface area contributed by atoms with Crippen molar-refractivity contribution in [2.24, 2.45) is 5.73 Å². The van der Waals surface area contributed by atoms with Gasteiger partial charge in [0.1, 0.15) is 5.69 Å².